The van der Waals surface area contributed by atoms with Crippen molar-refractivity contribution in [1.29, 1.82) is 0 Å². The average molecular weight is 325 g/mol. The maximum Gasteiger partial charge on any atom is 0.191 e. The first kappa shape index (κ1) is 19.2. The monoisotopic (exact) mass is 325 g/mol. The SMILES string of the molecule is CCOCCCNC(=NC)NCC(CC)Oc1cccc(F)c1. The zero-order chi connectivity index (χ0) is 16.9. The summed E-state index contributed by atoms with van der Waals surface area (Å²) in [7, 11) is 1.73. The van der Waals surface area contributed by atoms with Crippen molar-refractivity contribution in [2.75, 3.05) is 33.4 Å². The number of aliphatic imine (C=N–C) groups is 1. The highest BCUT2D eigenvalue weighted by Gasteiger charge is 2.09. The Morgan fingerprint density at radius 3 is 2.78 bits per heavy atom. The van der Waals surface area contributed by atoms with Crippen molar-refractivity contribution >= 4 is 5.96 Å². The van der Waals surface area contributed by atoms with E-state index in [1.807, 2.05) is 13.8 Å². The molecule has 0 saturated carbocycles. The molecule has 5 nitrogen and oxygen atoms in total. The Bertz CT molecular complexity index is 469. The number of hydrogen-bond acceptors (Lipinski definition) is 3. The van der Waals surface area contributed by atoms with Crippen LogP contribution in [0.2, 0.25) is 0 Å². The second-order valence-electron chi connectivity index (χ2n) is 5.04. The summed E-state index contributed by atoms with van der Waals surface area (Å²) in [6.07, 6.45) is 1.68. The van der Waals surface area contributed by atoms with E-state index in [9.17, 15) is 4.39 Å². The Kier molecular flexibility index (Phi) is 9.79. The fourth-order valence-corrected chi connectivity index (χ4v) is 1.96. The standard InChI is InChI=1S/C17H28FN3O2/c1-4-15(23-16-9-6-8-14(18)12-16)13-21-17(19-3)20-10-7-11-22-5-2/h6,8-9,12,15H,4-5,7,10-11,13H2,1-3H3,(H2,19,20,21). The molecule has 1 aromatic rings. The van der Waals surface area contributed by atoms with Crippen LogP contribution in [0.25, 0.3) is 0 Å². The third-order valence-corrected chi connectivity index (χ3v) is 3.24. The van der Waals surface area contributed by atoms with E-state index < -0.39 is 0 Å². The van der Waals surface area contributed by atoms with Gasteiger partial charge in [-0.3, -0.25) is 4.99 Å². The lowest BCUT2D eigenvalue weighted by Gasteiger charge is -2.20. The van der Waals surface area contributed by atoms with Gasteiger partial charge in [0.05, 0.1) is 6.54 Å². The van der Waals surface area contributed by atoms with Gasteiger partial charge in [0.1, 0.15) is 17.7 Å². The molecule has 0 radical (unpaired) electrons. The molecular weight excluding hydrogens is 297 g/mol. The quantitative estimate of drug-likeness (QED) is 0.394. The second-order valence-corrected chi connectivity index (χ2v) is 5.04. The Balaban J connectivity index is 2.34. The molecule has 0 saturated heterocycles. The van der Waals surface area contributed by atoms with Crippen molar-refractivity contribution in [2.24, 2.45) is 4.99 Å². The van der Waals surface area contributed by atoms with Crippen LogP contribution in [-0.2, 0) is 4.74 Å². The van der Waals surface area contributed by atoms with E-state index in [2.05, 4.69) is 15.6 Å². The Morgan fingerprint density at radius 2 is 2.13 bits per heavy atom. The number of ether oxygens (including phenoxy) is 2. The van der Waals surface area contributed by atoms with Crippen molar-refractivity contribution in [3.63, 3.8) is 0 Å². The molecule has 0 aliphatic rings. The molecule has 0 spiro atoms. The molecule has 2 N–H and O–H groups in total. The summed E-state index contributed by atoms with van der Waals surface area (Å²) in [5.41, 5.74) is 0. The number of benzene rings is 1. The Morgan fingerprint density at radius 1 is 1.30 bits per heavy atom. The van der Waals surface area contributed by atoms with Crippen molar-refractivity contribution < 1.29 is 13.9 Å². The first-order valence-electron chi connectivity index (χ1n) is 8.14. The fourth-order valence-electron chi connectivity index (χ4n) is 1.96. The van der Waals surface area contributed by atoms with Crippen LogP contribution in [0.5, 0.6) is 5.75 Å². The van der Waals surface area contributed by atoms with Crippen molar-refractivity contribution in [1.82, 2.24) is 10.6 Å². The van der Waals surface area contributed by atoms with Crippen LogP contribution in [0.1, 0.15) is 26.7 Å². The van der Waals surface area contributed by atoms with Crippen LogP contribution >= 0.6 is 0 Å². The summed E-state index contributed by atoms with van der Waals surface area (Å²) in [6, 6.07) is 6.19. The molecular formula is C17H28FN3O2. The molecule has 0 heterocycles. The van der Waals surface area contributed by atoms with Crippen LogP contribution in [-0.4, -0.2) is 45.4 Å². The van der Waals surface area contributed by atoms with Gasteiger partial charge in [0, 0.05) is 32.9 Å². The molecule has 23 heavy (non-hydrogen) atoms. The van der Waals surface area contributed by atoms with Gasteiger partial charge < -0.3 is 20.1 Å². The van der Waals surface area contributed by atoms with E-state index in [0.717, 1.165) is 38.6 Å². The first-order valence-corrected chi connectivity index (χ1v) is 8.14. The van der Waals surface area contributed by atoms with Gasteiger partial charge in [-0.2, -0.15) is 0 Å². The maximum atomic E-state index is 13.2. The van der Waals surface area contributed by atoms with E-state index in [1.54, 1.807) is 19.2 Å². The molecule has 1 aromatic carbocycles. The lowest BCUT2D eigenvalue weighted by Crippen LogP contribution is -2.42. The number of rotatable bonds is 10. The second kappa shape index (κ2) is 11.7. The topological polar surface area (TPSA) is 54.9 Å². The van der Waals surface area contributed by atoms with Gasteiger partial charge in [-0.25, -0.2) is 4.39 Å². The molecule has 0 aromatic heterocycles. The fraction of sp³-hybridized carbons (Fsp3) is 0.588. The van der Waals surface area contributed by atoms with E-state index in [4.69, 9.17) is 9.47 Å². The van der Waals surface area contributed by atoms with E-state index >= 15 is 0 Å². The summed E-state index contributed by atoms with van der Waals surface area (Å²) < 4.78 is 24.3. The summed E-state index contributed by atoms with van der Waals surface area (Å²) in [5, 5.41) is 6.45. The van der Waals surface area contributed by atoms with E-state index in [0.29, 0.717) is 12.3 Å². The zero-order valence-corrected chi connectivity index (χ0v) is 14.3. The smallest absolute Gasteiger partial charge is 0.191 e. The predicted octanol–water partition coefficient (Wildman–Crippen LogP) is 2.57. The van der Waals surface area contributed by atoms with Crippen molar-refractivity contribution in [3.8, 4) is 5.75 Å². The minimum atomic E-state index is -0.294. The van der Waals surface area contributed by atoms with Gasteiger partial charge >= 0.3 is 0 Å². The highest BCUT2D eigenvalue weighted by atomic mass is 19.1. The largest absolute Gasteiger partial charge is 0.489 e. The van der Waals surface area contributed by atoms with E-state index in [-0.39, 0.29) is 11.9 Å². The zero-order valence-electron chi connectivity index (χ0n) is 14.3. The molecule has 0 bridgehead atoms. The lowest BCUT2D eigenvalue weighted by atomic mass is 10.2. The molecule has 1 unspecified atom stereocenters. The summed E-state index contributed by atoms with van der Waals surface area (Å²) in [4.78, 5) is 4.17. The third kappa shape index (κ3) is 8.40. The number of guanidine groups is 1. The van der Waals surface area contributed by atoms with Gasteiger partial charge in [0.25, 0.3) is 0 Å². The van der Waals surface area contributed by atoms with E-state index in [1.165, 1.54) is 12.1 Å². The van der Waals surface area contributed by atoms with Gasteiger partial charge in [-0.15, -0.1) is 0 Å². The minimum absolute atomic E-state index is 0.0567. The lowest BCUT2D eigenvalue weighted by molar-refractivity contribution is 0.145. The molecule has 0 aliphatic carbocycles. The number of hydrogen-bond donors (Lipinski definition) is 2. The highest BCUT2D eigenvalue weighted by Crippen LogP contribution is 2.14. The van der Waals surface area contributed by atoms with Gasteiger partial charge in [0.2, 0.25) is 0 Å². The molecule has 0 amide bonds. The van der Waals surface area contributed by atoms with Crippen LogP contribution in [0.15, 0.2) is 29.3 Å². The molecule has 1 rings (SSSR count). The Hall–Kier alpha value is -1.82. The van der Waals surface area contributed by atoms with Gasteiger partial charge in [-0.1, -0.05) is 13.0 Å². The van der Waals surface area contributed by atoms with Gasteiger partial charge in [0.15, 0.2) is 5.96 Å². The van der Waals surface area contributed by atoms with Crippen LogP contribution in [0.3, 0.4) is 0 Å². The molecule has 0 aliphatic heterocycles. The summed E-state index contributed by atoms with van der Waals surface area (Å²) >= 11 is 0. The number of nitrogens with one attached hydrogen (secondary N) is 2. The normalized spacial score (nSPS) is 12.8. The summed E-state index contributed by atoms with van der Waals surface area (Å²) in [5.74, 6) is 0.971. The number of nitrogens with zero attached hydrogens (tertiary/aromatic N) is 1. The average Bonchev–Trinajstić information content (AvgIpc) is 2.56. The molecule has 1 atom stereocenters. The summed E-state index contributed by atoms with van der Waals surface area (Å²) in [6.45, 7) is 6.88. The minimum Gasteiger partial charge on any atom is -0.489 e. The molecule has 130 valence electrons. The predicted molar refractivity (Wildman–Crippen MR) is 91.6 cm³/mol. The molecule has 0 fully saturated rings. The van der Waals surface area contributed by atoms with Crippen molar-refractivity contribution in [3.05, 3.63) is 30.1 Å². The van der Waals surface area contributed by atoms with Crippen molar-refractivity contribution in [2.45, 2.75) is 32.8 Å². The molecule has 6 heteroatoms. The van der Waals surface area contributed by atoms with Crippen LogP contribution in [0, 0.1) is 5.82 Å². The van der Waals surface area contributed by atoms with Gasteiger partial charge in [-0.05, 0) is 31.9 Å². The Labute approximate surface area is 138 Å². The number of halogens is 1. The highest BCUT2D eigenvalue weighted by molar-refractivity contribution is 5.79. The third-order valence-electron chi connectivity index (χ3n) is 3.24. The van der Waals surface area contributed by atoms with Crippen LogP contribution in [0.4, 0.5) is 4.39 Å². The maximum absolute atomic E-state index is 13.2. The first-order chi connectivity index (χ1) is 11.2. The van der Waals surface area contributed by atoms with Crippen LogP contribution < -0.4 is 15.4 Å².